The highest BCUT2D eigenvalue weighted by Crippen LogP contribution is 2.43. The minimum absolute atomic E-state index is 0.00912. The maximum absolute atomic E-state index is 13.6. The summed E-state index contributed by atoms with van der Waals surface area (Å²) in [6, 6.07) is 12.0. The summed E-state index contributed by atoms with van der Waals surface area (Å²) >= 11 is 0. The van der Waals surface area contributed by atoms with Crippen molar-refractivity contribution in [1.82, 2.24) is 14.8 Å². The number of rotatable bonds is 4. The van der Waals surface area contributed by atoms with Crippen molar-refractivity contribution in [1.29, 1.82) is 0 Å². The van der Waals surface area contributed by atoms with E-state index >= 15 is 0 Å². The van der Waals surface area contributed by atoms with Crippen LogP contribution in [0.5, 0.6) is 0 Å². The molecule has 1 atom stereocenters. The zero-order chi connectivity index (χ0) is 24.6. The van der Waals surface area contributed by atoms with Crippen LogP contribution in [-0.2, 0) is 4.79 Å². The lowest BCUT2D eigenvalue weighted by atomic mass is 9.78. The van der Waals surface area contributed by atoms with Crippen molar-refractivity contribution in [3.63, 3.8) is 0 Å². The van der Waals surface area contributed by atoms with Crippen LogP contribution in [0.1, 0.15) is 55.3 Å². The van der Waals surface area contributed by atoms with Gasteiger partial charge >= 0.3 is 0 Å². The topological polar surface area (TPSA) is 77.0 Å². The van der Waals surface area contributed by atoms with E-state index in [1.54, 1.807) is 19.0 Å². The number of carbonyl (C=O) groups excluding carboxylic acids is 2. The lowest BCUT2D eigenvalue weighted by Crippen LogP contribution is -2.50. The Hall–Kier alpha value is -2.93. The predicted octanol–water partition coefficient (Wildman–Crippen LogP) is 3.57. The van der Waals surface area contributed by atoms with Gasteiger partial charge in [-0.1, -0.05) is 12.1 Å². The van der Waals surface area contributed by atoms with Crippen LogP contribution in [0.15, 0.2) is 42.6 Å². The molecule has 1 aromatic carbocycles. The van der Waals surface area contributed by atoms with E-state index in [4.69, 9.17) is 4.98 Å². The first-order valence-corrected chi connectivity index (χ1v) is 12.9. The number of hydrogen-bond acceptors (Lipinski definition) is 5. The van der Waals surface area contributed by atoms with Gasteiger partial charge in [-0.2, -0.15) is 0 Å². The normalized spacial score (nSPS) is 26.9. The fraction of sp³-hybridized carbons (Fsp3) is 0.536. The highest BCUT2D eigenvalue weighted by molar-refractivity contribution is 5.94. The number of piperidine rings is 1. The summed E-state index contributed by atoms with van der Waals surface area (Å²) in [5.74, 6) is 1.22. The van der Waals surface area contributed by atoms with Crippen LogP contribution in [-0.4, -0.2) is 77.6 Å². The quantitative estimate of drug-likeness (QED) is 0.730. The van der Waals surface area contributed by atoms with Crippen molar-refractivity contribution in [3.8, 4) is 11.1 Å². The Labute approximate surface area is 207 Å². The molecule has 1 spiro atoms. The summed E-state index contributed by atoms with van der Waals surface area (Å²) in [6.07, 6.45) is 7.98. The molecule has 2 aromatic rings. The second-order valence-electron chi connectivity index (χ2n) is 10.7. The maximum Gasteiger partial charge on any atom is 0.253 e. The minimum atomic E-state index is -0.302. The van der Waals surface area contributed by atoms with E-state index < -0.39 is 0 Å². The lowest BCUT2D eigenvalue weighted by molar-refractivity contribution is -0.139. The number of aliphatic hydroxyl groups excluding tert-OH is 1. The number of hydrogen-bond donors (Lipinski definition) is 1. The third-order valence-corrected chi connectivity index (χ3v) is 8.17. The lowest BCUT2D eigenvalue weighted by Gasteiger charge is -2.41. The van der Waals surface area contributed by atoms with Gasteiger partial charge in [-0.15, -0.1) is 0 Å². The van der Waals surface area contributed by atoms with Gasteiger partial charge in [0.15, 0.2) is 0 Å². The Bertz CT molecular complexity index is 1060. The van der Waals surface area contributed by atoms with Crippen LogP contribution in [0, 0.1) is 5.41 Å². The first kappa shape index (κ1) is 23.8. The van der Waals surface area contributed by atoms with Gasteiger partial charge < -0.3 is 19.8 Å². The molecule has 35 heavy (non-hydrogen) atoms. The molecule has 3 aliphatic rings. The van der Waals surface area contributed by atoms with Gasteiger partial charge in [-0.05, 0) is 74.8 Å². The highest BCUT2D eigenvalue weighted by Gasteiger charge is 2.50. The summed E-state index contributed by atoms with van der Waals surface area (Å²) in [7, 11) is 3.50. The Balaban J connectivity index is 1.26. The van der Waals surface area contributed by atoms with Gasteiger partial charge in [-0.3, -0.25) is 9.59 Å². The molecule has 7 nitrogen and oxygen atoms in total. The van der Waals surface area contributed by atoms with Gasteiger partial charge in [-0.25, -0.2) is 4.98 Å². The Morgan fingerprint density at radius 1 is 1.00 bits per heavy atom. The molecule has 5 rings (SSSR count). The smallest absolute Gasteiger partial charge is 0.253 e. The van der Waals surface area contributed by atoms with Crippen LogP contribution in [0.25, 0.3) is 11.1 Å². The summed E-state index contributed by atoms with van der Waals surface area (Å²) in [6.45, 7) is 2.48. The van der Waals surface area contributed by atoms with Crippen molar-refractivity contribution in [2.75, 3.05) is 38.6 Å². The number of likely N-dealkylation sites (tertiary alicyclic amines) is 1. The summed E-state index contributed by atoms with van der Waals surface area (Å²) in [4.78, 5) is 36.5. The Morgan fingerprint density at radius 2 is 1.71 bits per heavy atom. The molecule has 1 aliphatic carbocycles. The van der Waals surface area contributed by atoms with Crippen LogP contribution < -0.4 is 4.90 Å². The number of anilines is 1. The molecule has 1 unspecified atom stereocenters. The minimum Gasteiger partial charge on any atom is -0.393 e. The molecule has 2 aliphatic heterocycles. The van der Waals surface area contributed by atoms with E-state index in [0.29, 0.717) is 11.5 Å². The van der Waals surface area contributed by atoms with E-state index in [1.807, 2.05) is 36.5 Å². The molecule has 0 radical (unpaired) electrons. The van der Waals surface area contributed by atoms with E-state index in [-0.39, 0.29) is 23.5 Å². The predicted molar refractivity (Wildman–Crippen MR) is 136 cm³/mol. The maximum atomic E-state index is 13.6. The van der Waals surface area contributed by atoms with E-state index in [1.165, 1.54) is 0 Å². The number of amides is 2. The second-order valence-corrected chi connectivity index (χ2v) is 10.7. The van der Waals surface area contributed by atoms with Crippen LogP contribution in [0.4, 0.5) is 5.82 Å². The summed E-state index contributed by atoms with van der Waals surface area (Å²) < 4.78 is 0. The number of aliphatic hydroxyl groups is 1. The molecule has 186 valence electrons. The first-order valence-electron chi connectivity index (χ1n) is 12.9. The Kier molecular flexibility index (Phi) is 6.53. The summed E-state index contributed by atoms with van der Waals surface area (Å²) in [5.41, 5.74) is 2.39. The fourth-order valence-corrected chi connectivity index (χ4v) is 6.08. The average Bonchev–Trinajstić information content (AvgIpc) is 3.19. The molecule has 2 amide bonds. The van der Waals surface area contributed by atoms with Crippen molar-refractivity contribution < 1.29 is 14.7 Å². The van der Waals surface area contributed by atoms with Crippen LogP contribution in [0.3, 0.4) is 0 Å². The number of benzene rings is 1. The molecular formula is C28H36N4O3. The van der Waals surface area contributed by atoms with Gasteiger partial charge in [0.2, 0.25) is 5.91 Å². The zero-order valence-electron chi connectivity index (χ0n) is 20.8. The molecule has 3 heterocycles. The number of aromatic nitrogens is 1. The first-order chi connectivity index (χ1) is 16.9. The van der Waals surface area contributed by atoms with E-state index in [2.05, 4.69) is 15.9 Å². The van der Waals surface area contributed by atoms with E-state index in [0.717, 1.165) is 81.5 Å². The largest absolute Gasteiger partial charge is 0.393 e. The summed E-state index contributed by atoms with van der Waals surface area (Å²) in [5, 5.41) is 9.85. The van der Waals surface area contributed by atoms with Gasteiger partial charge in [0, 0.05) is 57.1 Å². The molecule has 1 N–H and O–H groups in total. The van der Waals surface area contributed by atoms with Crippen molar-refractivity contribution in [2.45, 2.75) is 57.1 Å². The second kappa shape index (κ2) is 9.61. The van der Waals surface area contributed by atoms with Crippen molar-refractivity contribution in [2.24, 2.45) is 5.41 Å². The van der Waals surface area contributed by atoms with Crippen molar-refractivity contribution in [3.05, 3.63) is 48.2 Å². The Morgan fingerprint density at radius 3 is 2.37 bits per heavy atom. The van der Waals surface area contributed by atoms with Gasteiger partial charge in [0.25, 0.3) is 5.91 Å². The third kappa shape index (κ3) is 4.66. The van der Waals surface area contributed by atoms with E-state index in [9.17, 15) is 14.7 Å². The van der Waals surface area contributed by atoms with Crippen molar-refractivity contribution >= 4 is 17.6 Å². The molecule has 2 saturated heterocycles. The monoisotopic (exact) mass is 476 g/mol. The number of nitrogens with zero attached hydrogens (tertiary/aromatic N) is 4. The molecule has 1 aromatic heterocycles. The molecular weight excluding hydrogens is 440 g/mol. The fourth-order valence-electron chi connectivity index (χ4n) is 6.08. The average molecular weight is 477 g/mol. The molecule has 0 bridgehead atoms. The third-order valence-electron chi connectivity index (χ3n) is 8.17. The van der Waals surface area contributed by atoms with Crippen LogP contribution in [0.2, 0.25) is 0 Å². The zero-order valence-corrected chi connectivity index (χ0v) is 20.8. The van der Waals surface area contributed by atoms with Gasteiger partial charge in [0.1, 0.15) is 5.82 Å². The SMILES string of the molecule is CN(C)C(=O)c1ccc(-c2ccc(N3CCCC4(CCN([C@H]5CC[C@H](O)CC5)C4=O)C3)nc2)cc1. The van der Waals surface area contributed by atoms with Gasteiger partial charge in [0.05, 0.1) is 11.5 Å². The highest BCUT2D eigenvalue weighted by atomic mass is 16.3. The number of carbonyl (C=O) groups is 2. The molecule has 1 saturated carbocycles. The molecule has 3 fully saturated rings. The molecule has 7 heteroatoms. The standard InChI is InChI=1S/C28H36N4O3/c1-30(2)26(34)21-6-4-20(5-7-21)22-8-13-25(29-18-22)31-16-3-14-28(19-31)15-17-32(27(28)35)23-9-11-24(33)12-10-23/h4-8,13,18,23-24,33H,3,9-12,14-17,19H2,1-2H3/t23-,24-,28?. The van der Waals surface area contributed by atoms with Crippen LogP contribution >= 0.6 is 0 Å². The number of pyridine rings is 1.